The van der Waals surface area contributed by atoms with E-state index >= 15 is 0 Å². The predicted octanol–water partition coefficient (Wildman–Crippen LogP) is 1.86. The third-order valence-corrected chi connectivity index (χ3v) is 3.40. The van der Waals surface area contributed by atoms with Crippen molar-refractivity contribution < 1.29 is 14.3 Å². The molecule has 0 aliphatic rings. The Labute approximate surface area is 119 Å². The van der Waals surface area contributed by atoms with Gasteiger partial charge in [0, 0.05) is 6.42 Å². The number of ether oxygens (including phenoxy) is 1. The van der Waals surface area contributed by atoms with E-state index in [1.54, 1.807) is 11.4 Å². The number of methoxy groups -OCH3 is 1. The molecule has 0 aliphatic heterocycles. The number of anilines is 1. The van der Waals surface area contributed by atoms with Gasteiger partial charge >= 0.3 is 5.97 Å². The number of carbonyl (C=O) groups excluding carboxylic acids is 2. The lowest BCUT2D eigenvalue weighted by Gasteiger charge is -2.02. The zero-order valence-corrected chi connectivity index (χ0v) is 11.9. The van der Waals surface area contributed by atoms with Gasteiger partial charge in [0.1, 0.15) is 10.7 Å². The Morgan fingerprint density at radius 2 is 2.30 bits per heavy atom. The number of carbonyl (C=O) groups is 2. The number of aromatic nitrogens is 3. The van der Waals surface area contributed by atoms with Gasteiger partial charge in [-0.2, -0.15) is 0 Å². The molecule has 0 saturated heterocycles. The van der Waals surface area contributed by atoms with Crippen molar-refractivity contribution in [2.75, 3.05) is 12.4 Å². The highest BCUT2D eigenvalue weighted by atomic mass is 32.1. The van der Waals surface area contributed by atoms with E-state index in [0.29, 0.717) is 16.4 Å². The maximum Gasteiger partial charge on any atom is 0.350 e. The van der Waals surface area contributed by atoms with Crippen molar-refractivity contribution in [3.8, 4) is 0 Å². The molecule has 0 radical (unpaired) electrons. The first-order valence-electron chi connectivity index (χ1n) is 6.04. The van der Waals surface area contributed by atoms with Crippen LogP contribution in [0.1, 0.15) is 39.5 Å². The lowest BCUT2D eigenvalue weighted by molar-refractivity contribution is 0.0607. The predicted molar refractivity (Wildman–Crippen MR) is 74.0 cm³/mol. The molecule has 0 fully saturated rings. The summed E-state index contributed by atoms with van der Waals surface area (Å²) in [7, 11) is 1.29. The van der Waals surface area contributed by atoms with E-state index in [1.807, 2.05) is 6.92 Å². The van der Waals surface area contributed by atoms with Crippen molar-refractivity contribution in [1.29, 1.82) is 0 Å². The molecule has 2 N–H and O–H groups in total. The molecule has 0 saturated carbocycles. The summed E-state index contributed by atoms with van der Waals surface area (Å²) in [6.45, 7) is 2.01. The number of amides is 1. The van der Waals surface area contributed by atoms with Crippen molar-refractivity contribution in [3.05, 3.63) is 28.0 Å². The van der Waals surface area contributed by atoms with Crippen molar-refractivity contribution in [2.45, 2.75) is 19.8 Å². The summed E-state index contributed by atoms with van der Waals surface area (Å²) in [5.41, 5.74) is 0.397. The quantitative estimate of drug-likeness (QED) is 0.820. The topological polar surface area (TPSA) is 97.0 Å². The normalized spacial score (nSPS) is 10.3. The van der Waals surface area contributed by atoms with E-state index in [-0.39, 0.29) is 5.82 Å². The maximum absolute atomic E-state index is 12.0. The number of esters is 1. The van der Waals surface area contributed by atoms with Gasteiger partial charge in [0.05, 0.1) is 12.8 Å². The third-order valence-electron chi connectivity index (χ3n) is 2.51. The Morgan fingerprint density at radius 3 is 3.00 bits per heavy atom. The van der Waals surface area contributed by atoms with Crippen LogP contribution in [0.15, 0.2) is 11.4 Å². The molecule has 8 heteroatoms. The van der Waals surface area contributed by atoms with Gasteiger partial charge in [0.15, 0.2) is 0 Å². The molecule has 2 aromatic rings. The van der Waals surface area contributed by atoms with Crippen LogP contribution in [0.25, 0.3) is 0 Å². The fraction of sp³-hybridized carbons (Fsp3) is 0.333. The summed E-state index contributed by atoms with van der Waals surface area (Å²) in [6.07, 6.45) is 1.64. The zero-order chi connectivity index (χ0) is 14.5. The summed E-state index contributed by atoms with van der Waals surface area (Å²) >= 11 is 1.19. The average molecular weight is 294 g/mol. The molecular weight excluding hydrogens is 280 g/mol. The first-order chi connectivity index (χ1) is 9.65. The van der Waals surface area contributed by atoms with E-state index in [4.69, 9.17) is 0 Å². The molecular formula is C12H14N4O3S. The lowest BCUT2D eigenvalue weighted by Crippen LogP contribution is -2.15. The number of aryl methyl sites for hydroxylation is 1. The molecule has 20 heavy (non-hydrogen) atoms. The fourth-order valence-corrected chi connectivity index (χ4v) is 2.35. The van der Waals surface area contributed by atoms with Crippen LogP contribution in [0, 0.1) is 0 Å². The van der Waals surface area contributed by atoms with E-state index in [1.165, 1.54) is 18.4 Å². The van der Waals surface area contributed by atoms with Crippen molar-refractivity contribution in [3.63, 3.8) is 0 Å². The van der Waals surface area contributed by atoms with Crippen molar-refractivity contribution >= 4 is 28.9 Å². The van der Waals surface area contributed by atoms with Crippen molar-refractivity contribution in [1.82, 2.24) is 15.2 Å². The summed E-state index contributed by atoms with van der Waals surface area (Å²) in [5, 5.41) is 10.9. The number of nitrogens with one attached hydrogen (secondary N) is 2. The van der Waals surface area contributed by atoms with Crippen LogP contribution in [0.3, 0.4) is 0 Å². The smallest absolute Gasteiger partial charge is 0.350 e. The van der Waals surface area contributed by atoms with Gasteiger partial charge in [-0.15, -0.1) is 16.4 Å². The molecule has 0 spiro atoms. The minimum atomic E-state index is -0.489. The minimum Gasteiger partial charge on any atom is -0.465 e. The number of thiophene rings is 1. The summed E-state index contributed by atoms with van der Waals surface area (Å²) in [5.74, 6) is -0.240. The van der Waals surface area contributed by atoms with Crippen LogP contribution in [0.5, 0.6) is 0 Å². The molecule has 2 aromatic heterocycles. The molecule has 1 amide bonds. The number of H-pyrrole nitrogens is 1. The monoisotopic (exact) mass is 294 g/mol. The molecule has 7 nitrogen and oxygen atoms in total. The average Bonchev–Trinajstić information content (AvgIpc) is 3.07. The Balaban J connectivity index is 2.11. The number of nitrogens with zero attached hydrogens (tertiary/aromatic N) is 2. The first-order valence-corrected chi connectivity index (χ1v) is 6.92. The van der Waals surface area contributed by atoms with Gasteiger partial charge in [-0.1, -0.05) is 6.92 Å². The SMILES string of the molecule is CCCc1nc(C(=O)Nc2ccsc2C(=O)OC)n[nH]1. The van der Waals surface area contributed by atoms with Crippen LogP contribution < -0.4 is 5.32 Å². The van der Waals surface area contributed by atoms with Gasteiger partial charge < -0.3 is 10.1 Å². The van der Waals surface area contributed by atoms with E-state index in [0.717, 1.165) is 12.8 Å². The van der Waals surface area contributed by atoms with Gasteiger partial charge in [-0.3, -0.25) is 9.89 Å². The van der Waals surface area contributed by atoms with E-state index in [9.17, 15) is 9.59 Å². The van der Waals surface area contributed by atoms with Crippen LogP contribution >= 0.6 is 11.3 Å². The minimum absolute atomic E-state index is 0.0514. The summed E-state index contributed by atoms with van der Waals surface area (Å²) in [6, 6.07) is 1.63. The molecule has 106 valence electrons. The molecule has 0 bridgehead atoms. The van der Waals surface area contributed by atoms with Gasteiger partial charge in [0.25, 0.3) is 5.91 Å². The Kier molecular flexibility index (Phi) is 4.46. The van der Waals surface area contributed by atoms with Gasteiger partial charge in [-0.25, -0.2) is 9.78 Å². The molecule has 0 unspecified atom stereocenters. The van der Waals surface area contributed by atoms with Gasteiger partial charge in [0.2, 0.25) is 5.82 Å². The number of rotatable bonds is 5. The molecule has 2 rings (SSSR count). The highest BCUT2D eigenvalue weighted by Gasteiger charge is 2.18. The number of aromatic amines is 1. The highest BCUT2D eigenvalue weighted by Crippen LogP contribution is 2.23. The first kappa shape index (κ1) is 14.2. The molecule has 0 atom stereocenters. The Bertz CT molecular complexity index is 620. The molecule has 2 heterocycles. The second-order valence-corrected chi connectivity index (χ2v) is 4.88. The zero-order valence-electron chi connectivity index (χ0n) is 11.1. The van der Waals surface area contributed by atoms with E-state index in [2.05, 4.69) is 25.2 Å². The van der Waals surface area contributed by atoms with Gasteiger partial charge in [-0.05, 0) is 17.9 Å². The van der Waals surface area contributed by atoms with Crippen LogP contribution in [0.4, 0.5) is 5.69 Å². The van der Waals surface area contributed by atoms with Crippen molar-refractivity contribution in [2.24, 2.45) is 0 Å². The third kappa shape index (κ3) is 3.02. The second kappa shape index (κ2) is 6.29. The maximum atomic E-state index is 12.0. The molecule has 0 aliphatic carbocycles. The lowest BCUT2D eigenvalue weighted by atomic mass is 10.3. The Morgan fingerprint density at radius 1 is 1.50 bits per heavy atom. The molecule has 0 aromatic carbocycles. The van der Waals surface area contributed by atoms with Crippen LogP contribution in [-0.4, -0.2) is 34.2 Å². The fourth-order valence-electron chi connectivity index (χ4n) is 1.58. The highest BCUT2D eigenvalue weighted by molar-refractivity contribution is 7.12. The van der Waals surface area contributed by atoms with Crippen LogP contribution in [-0.2, 0) is 11.2 Å². The summed E-state index contributed by atoms with van der Waals surface area (Å²) in [4.78, 5) is 27.9. The Hall–Kier alpha value is -2.22. The number of hydrogen-bond donors (Lipinski definition) is 2. The standard InChI is InChI=1S/C12H14N4O3S/c1-3-4-8-14-10(16-15-8)11(17)13-7-5-6-20-9(7)12(18)19-2/h5-6H,3-4H2,1-2H3,(H,13,17)(H,14,15,16). The second-order valence-electron chi connectivity index (χ2n) is 3.96. The van der Waals surface area contributed by atoms with Crippen LogP contribution in [0.2, 0.25) is 0 Å². The largest absolute Gasteiger partial charge is 0.465 e. The summed E-state index contributed by atoms with van der Waals surface area (Å²) < 4.78 is 4.64. The van der Waals surface area contributed by atoms with E-state index < -0.39 is 11.9 Å². The number of hydrogen-bond acceptors (Lipinski definition) is 6.